The number of hydrogen-bond donors (Lipinski definition) is 3. The minimum absolute atomic E-state index is 0.0457. The van der Waals surface area contributed by atoms with Crippen LogP contribution in [0.25, 0.3) is 11.1 Å². The number of nitrogens with zero attached hydrogens (tertiary/aromatic N) is 1. The van der Waals surface area contributed by atoms with Crippen molar-refractivity contribution in [2.24, 2.45) is 11.7 Å². The predicted molar refractivity (Wildman–Crippen MR) is 158 cm³/mol. The van der Waals surface area contributed by atoms with E-state index in [1.807, 2.05) is 69.3 Å². The van der Waals surface area contributed by atoms with E-state index >= 15 is 0 Å². The molecule has 212 valence electrons. The predicted octanol–water partition coefficient (Wildman–Crippen LogP) is 5.61. The van der Waals surface area contributed by atoms with Crippen LogP contribution in [0.15, 0.2) is 77.7 Å². The average molecular weight is 563 g/mol. The number of amides is 1. The van der Waals surface area contributed by atoms with E-state index in [2.05, 4.69) is 5.32 Å². The van der Waals surface area contributed by atoms with Gasteiger partial charge in [-0.25, -0.2) is 13.2 Å². The molecular formula is C31H38N4O4S. The van der Waals surface area contributed by atoms with Gasteiger partial charge in [-0.05, 0) is 55.4 Å². The molecule has 0 heterocycles. The van der Waals surface area contributed by atoms with Gasteiger partial charge in [0, 0.05) is 24.2 Å². The Hall–Kier alpha value is -3.69. The van der Waals surface area contributed by atoms with Gasteiger partial charge < -0.3 is 15.8 Å². The Morgan fingerprint density at radius 2 is 1.55 bits per heavy atom. The van der Waals surface area contributed by atoms with Gasteiger partial charge in [-0.15, -0.1) is 0 Å². The molecule has 0 radical (unpaired) electrons. The zero-order valence-corrected chi connectivity index (χ0v) is 24.1. The third kappa shape index (κ3) is 6.54. The minimum Gasteiger partial charge on any atom is -0.436 e. The maximum absolute atomic E-state index is 13.5. The quantitative estimate of drug-likeness (QED) is 0.150. The molecule has 0 saturated carbocycles. The van der Waals surface area contributed by atoms with Crippen molar-refractivity contribution in [3.8, 4) is 11.1 Å². The van der Waals surface area contributed by atoms with E-state index in [-0.39, 0.29) is 23.2 Å². The van der Waals surface area contributed by atoms with Crippen molar-refractivity contribution in [1.29, 1.82) is 5.41 Å². The first-order chi connectivity index (χ1) is 19.1. The molecule has 3 aromatic carbocycles. The number of sulfonamides is 1. The van der Waals surface area contributed by atoms with Crippen molar-refractivity contribution in [3.05, 3.63) is 89.5 Å². The Morgan fingerprint density at radius 3 is 2.10 bits per heavy atom. The highest BCUT2D eigenvalue weighted by molar-refractivity contribution is 7.89. The van der Waals surface area contributed by atoms with Crippen LogP contribution in [0.4, 0.5) is 4.79 Å². The number of fused-ring (bicyclic) bond motifs is 3. The molecule has 0 saturated heterocycles. The Balaban J connectivity index is 1.35. The summed E-state index contributed by atoms with van der Waals surface area (Å²) in [6.07, 6.45) is 0.538. The van der Waals surface area contributed by atoms with E-state index in [0.717, 1.165) is 27.8 Å². The second kappa shape index (κ2) is 12.7. The Kier molecular flexibility index (Phi) is 9.27. The molecule has 9 heteroatoms. The van der Waals surface area contributed by atoms with Crippen molar-refractivity contribution >= 4 is 22.0 Å². The first-order valence-corrected chi connectivity index (χ1v) is 15.1. The molecule has 4 rings (SSSR count). The molecule has 3 aromatic rings. The van der Waals surface area contributed by atoms with Crippen molar-refractivity contribution in [3.63, 3.8) is 0 Å². The third-order valence-corrected chi connectivity index (χ3v) is 8.94. The molecule has 1 aliphatic rings. The van der Waals surface area contributed by atoms with Crippen LogP contribution in [-0.2, 0) is 14.8 Å². The highest BCUT2D eigenvalue weighted by Gasteiger charge is 2.34. The van der Waals surface area contributed by atoms with Crippen LogP contribution < -0.4 is 11.1 Å². The van der Waals surface area contributed by atoms with Gasteiger partial charge in [-0.3, -0.25) is 5.41 Å². The fourth-order valence-corrected chi connectivity index (χ4v) is 6.89. The van der Waals surface area contributed by atoms with Crippen LogP contribution in [0.3, 0.4) is 0 Å². The SMILES string of the molecule is Cc1ccc(S(=O)(=O)N(CC(C)C)[C@@H](CCCCNC(=O)OC2c3ccccc3-c3ccccc32)C(=N)N)cc1. The lowest BCUT2D eigenvalue weighted by Gasteiger charge is -2.31. The molecule has 4 N–H and O–H groups in total. The number of amidine groups is 1. The normalized spacial score (nSPS) is 13.6. The standard InChI is InChI=1S/C31H38N4O4S/c1-21(2)20-35(40(37,38)23-17-15-22(3)16-18-23)28(30(32)33)14-8-9-19-34-31(36)39-29-26-12-6-4-10-24(26)25-11-5-7-13-27(25)29/h4-7,10-13,15-18,21,28-29H,8-9,14,19-20H2,1-3H3,(H3,32,33)(H,34,36)/t28-/m0/s1. The Bertz CT molecular complexity index is 1410. The van der Waals surface area contributed by atoms with E-state index in [0.29, 0.717) is 25.8 Å². The van der Waals surface area contributed by atoms with E-state index in [1.54, 1.807) is 24.3 Å². The molecule has 0 aliphatic heterocycles. The summed E-state index contributed by atoms with van der Waals surface area (Å²) in [5.41, 5.74) is 11.0. The molecule has 1 amide bonds. The van der Waals surface area contributed by atoms with Crippen LogP contribution in [-0.4, -0.2) is 43.8 Å². The van der Waals surface area contributed by atoms with Gasteiger partial charge in [0.25, 0.3) is 0 Å². The molecule has 0 spiro atoms. The van der Waals surface area contributed by atoms with Crippen molar-refractivity contribution in [2.75, 3.05) is 13.1 Å². The van der Waals surface area contributed by atoms with Crippen molar-refractivity contribution in [2.45, 2.75) is 57.1 Å². The number of hydrogen-bond acceptors (Lipinski definition) is 5. The average Bonchev–Trinajstić information content (AvgIpc) is 3.23. The summed E-state index contributed by atoms with van der Waals surface area (Å²) in [6, 6.07) is 21.8. The summed E-state index contributed by atoms with van der Waals surface area (Å²) in [4.78, 5) is 12.9. The second-order valence-electron chi connectivity index (χ2n) is 10.6. The number of rotatable bonds is 12. The van der Waals surface area contributed by atoms with Gasteiger partial charge in [-0.1, -0.05) is 80.1 Å². The highest BCUT2D eigenvalue weighted by atomic mass is 32.2. The Morgan fingerprint density at radius 1 is 0.975 bits per heavy atom. The number of alkyl carbamates (subject to hydrolysis) is 1. The van der Waals surface area contributed by atoms with Crippen LogP contribution in [0.1, 0.15) is 55.9 Å². The zero-order valence-electron chi connectivity index (χ0n) is 23.3. The fraction of sp³-hybridized carbons (Fsp3) is 0.355. The number of ether oxygens (including phenoxy) is 1. The van der Waals surface area contributed by atoms with Crippen molar-refractivity contribution < 1.29 is 17.9 Å². The van der Waals surface area contributed by atoms with Crippen LogP contribution in [0.2, 0.25) is 0 Å². The number of carbonyl (C=O) groups excluding carboxylic acids is 1. The summed E-state index contributed by atoms with van der Waals surface area (Å²) in [5.74, 6) is -0.147. The first-order valence-electron chi connectivity index (χ1n) is 13.6. The molecule has 0 bridgehead atoms. The monoisotopic (exact) mass is 562 g/mol. The summed E-state index contributed by atoms with van der Waals surface area (Å²) in [5, 5.41) is 11.0. The summed E-state index contributed by atoms with van der Waals surface area (Å²) in [6.45, 7) is 6.37. The Labute approximate surface area is 237 Å². The summed E-state index contributed by atoms with van der Waals surface area (Å²) >= 11 is 0. The van der Waals surface area contributed by atoms with Crippen molar-refractivity contribution in [1.82, 2.24) is 9.62 Å². The van der Waals surface area contributed by atoms with Gasteiger partial charge in [0.2, 0.25) is 10.0 Å². The maximum Gasteiger partial charge on any atom is 0.408 e. The lowest BCUT2D eigenvalue weighted by molar-refractivity contribution is 0.118. The lowest BCUT2D eigenvalue weighted by Crippen LogP contribution is -2.49. The molecule has 1 atom stereocenters. The number of nitrogens with one attached hydrogen (secondary N) is 2. The van der Waals surface area contributed by atoms with Gasteiger partial charge in [-0.2, -0.15) is 4.31 Å². The zero-order chi connectivity index (χ0) is 28.9. The van der Waals surface area contributed by atoms with Gasteiger partial charge >= 0.3 is 6.09 Å². The van der Waals surface area contributed by atoms with Gasteiger partial charge in [0.15, 0.2) is 6.10 Å². The molecule has 0 fully saturated rings. The van der Waals surface area contributed by atoms with E-state index in [1.165, 1.54) is 4.31 Å². The number of aryl methyl sites for hydroxylation is 1. The molecular weight excluding hydrogens is 524 g/mol. The first kappa shape index (κ1) is 29.3. The number of benzene rings is 3. The third-order valence-electron chi connectivity index (χ3n) is 7.05. The van der Waals surface area contributed by atoms with E-state index < -0.39 is 28.3 Å². The maximum atomic E-state index is 13.5. The minimum atomic E-state index is -3.85. The van der Waals surface area contributed by atoms with Crippen LogP contribution >= 0.6 is 0 Å². The van der Waals surface area contributed by atoms with Gasteiger partial charge in [0.05, 0.1) is 10.9 Å². The smallest absolute Gasteiger partial charge is 0.408 e. The molecule has 0 unspecified atom stereocenters. The topological polar surface area (TPSA) is 126 Å². The summed E-state index contributed by atoms with van der Waals surface area (Å²) < 4.78 is 34.3. The second-order valence-corrected chi connectivity index (χ2v) is 12.5. The number of unbranched alkanes of at least 4 members (excludes halogenated alkanes) is 1. The largest absolute Gasteiger partial charge is 0.436 e. The van der Waals surface area contributed by atoms with Crippen LogP contribution in [0, 0.1) is 18.3 Å². The lowest BCUT2D eigenvalue weighted by atomic mass is 10.1. The van der Waals surface area contributed by atoms with E-state index in [4.69, 9.17) is 15.9 Å². The molecule has 8 nitrogen and oxygen atoms in total. The fourth-order valence-electron chi connectivity index (χ4n) is 5.09. The number of nitrogens with two attached hydrogens (primary N) is 1. The molecule has 40 heavy (non-hydrogen) atoms. The molecule has 0 aromatic heterocycles. The number of carbonyl (C=O) groups is 1. The summed E-state index contributed by atoms with van der Waals surface area (Å²) in [7, 11) is -3.85. The molecule has 1 aliphatic carbocycles. The highest BCUT2D eigenvalue weighted by Crippen LogP contribution is 2.45. The van der Waals surface area contributed by atoms with Crippen LogP contribution in [0.5, 0.6) is 0 Å². The van der Waals surface area contributed by atoms with E-state index in [9.17, 15) is 13.2 Å². The van der Waals surface area contributed by atoms with Gasteiger partial charge in [0.1, 0.15) is 5.84 Å².